The van der Waals surface area contributed by atoms with Crippen molar-refractivity contribution in [1.29, 1.82) is 0 Å². The summed E-state index contributed by atoms with van der Waals surface area (Å²) in [5, 5.41) is 4.21. The Hall–Kier alpha value is -1.13. The van der Waals surface area contributed by atoms with Gasteiger partial charge in [0, 0.05) is 22.9 Å². The lowest BCUT2D eigenvalue weighted by Crippen LogP contribution is -2.10. The van der Waals surface area contributed by atoms with E-state index in [1.807, 2.05) is 42.1 Å². The van der Waals surface area contributed by atoms with Crippen LogP contribution in [0.15, 0.2) is 41.1 Å². The molecular formula is C11H12BrN3. The van der Waals surface area contributed by atoms with Crippen molar-refractivity contribution in [3.05, 3.63) is 46.7 Å². The molecular weight excluding hydrogens is 254 g/mol. The summed E-state index contributed by atoms with van der Waals surface area (Å²) in [6, 6.07) is 7.92. The Labute approximate surface area is 97.0 Å². The molecule has 0 radical (unpaired) electrons. The van der Waals surface area contributed by atoms with Gasteiger partial charge in [0.25, 0.3) is 0 Å². The second-order valence-electron chi connectivity index (χ2n) is 3.44. The molecule has 1 aromatic carbocycles. The van der Waals surface area contributed by atoms with E-state index in [1.165, 1.54) is 0 Å². The van der Waals surface area contributed by atoms with Crippen LogP contribution in [-0.2, 0) is 0 Å². The van der Waals surface area contributed by atoms with Crippen LogP contribution in [0, 0.1) is 0 Å². The van der Waals surface area contributed by atoms with Crippen molar-refractivity contribution in [3.63, 3.8) is 0 Å². The van der Waals surface area contributed by atoms with E-state index in [-0.39, 0.29) is 6.04 Å². The topological polar surface area (TPSA) is 43.8 Å². The van der Waals surface area contributed by atoms with E-state index in [0.29, 0.717) is 0 Å². The lowest BCUT2D eigenvalue weighted by molar-refractivity contribution is 0.780. The summed E-state index contributed by atoms with van der Waals surface area (Å²) < 4.78 is 2.85. The van der Waals surface area contributed by atoms with E-state index < -0.39 is 0 Å². The van der Waals surface area contributed by atoms with Crippen molar-refractivity contribution < 1.29 is 0 Å². The van der Waals surface area contributed by atoms with Crippen molar-refractivity contribution in [2.24, 2.45) is 5.73 Å². The maximum absolute atomic E-state index is 5.91. The minimum Gasteiger partial charge on any atom is -0.324 e. The van der Waals surface area contributed by atoms with Crippen LogP contribution in [0.25, 0.3) is 5.69 Å². The van der Waals surface area contributed by atoms with Gasteiger partial charge in [-0.25, -0.2) is 4.68 Å². The maximum atomic E-state index is 5.91. The molecule has 0 saturated heterocycles. The highest BCUT2D eigenvalue weighted by Gasteiger charge is 2.08. The third-order valence-electron chi connectivity index (χ3n) is 2.23. The highest BCUT2D eigenvalue weighted by Crippen LogP contribution is 2.23. The second-order valence-corrected chi connectivity index (χ2v) is 4.36. The lowest BCUT2D eigenvalue weighted by Gasteiger charge is -2.12. The van der Waals surface area contributed by atoms with Gasteiger partial charge in [-0.3, -0.25) is 0 Å². The fourth-order valence-corrected chi connectivity index (χ4v) is 1.86. The molecule has 0 bridgehead atoms. The summed E-state index contributed by atoms with van der Waals surface area (Å²) in [5.74, 6) is 0. The molecule has 0 spiro atoms. The van der Waals surface area contributed by atoms with E-state index in [0.717, 1.165) is 15.7 Å². The molecule has 78 valence electrons. The number of aromatic nitrogens is 2. The number of rotatable bonds is 2. The molecule has 2 aromatic rings. The molecule has 1 atom stereocenters. The number of nitrogens with two attached hydrogens (primary N) is 1. The Bertz CT molecular complexity index is 449. The van der Waals surface area contributed by atoms with Gasteiger partial charge in [0.05, 0.1) is 5.69 Å². The molecule has 0 aliphatic heterocycles. The third kappa shape index (κ3) is 2.11. The zero-order valence-corrected chi connectivity index (χ0v) is 9.98. The minimum atomic E-state index is -0.00250. The van der Waals surface area contributed by atoms with E-state index in [2.05, 4.69) is 21.0 Å². The molecule has 2 rings (SSSR count). The summed E-state index contributed by atoms with van der Waals surface area (Å²) in [6.07, 6.45) is 3.67. The van der Waals surface area contributed by atoms with Crippen molar-refractivity contribution in [1.82, 2.24) is 9.78 Å². The fraction of sp³-hybridized carbons (Fsp3) is 0.182. The fourth-order valence-electron chi connectivity index (χ4n) is 1.51. The molecule has 0 amide bonds. The first-order chi connectivity index (χ1) is 7.18. The SMILES string of the molecule is CC(N)c1ccc(Br)cc1-n1cccn1. The third-order valence-corrected chi connectivity index (χ3v) is 2.73. The van der Waals surface area contributed by atoms with Crippen LogP contribution in [0.2, 0.25) is 0 Å². The first-order valence-corrected chi connectivity index (χ1v) is 5.53. The van der Waals surface area contributed by atoms with E-state index in [4.69, 9.17) is 5.73 Å². The molecule has 0 aliphatic carbocycles. The largest absolute Gasteiger partial charge is 0.324 e. The first kappa shape index (κ1) is 10.4. The Balaban J connectivity index is 2.58. The van der Waals surface area contributed by atoms with Crippen LogP contribution < -0.4 is 5.73 Å². The van der Waals surface area contributed by atoms with Gasteiger partial charge in [-0.1, -0.05) is 22.0 Å². The highest BCUT2D eigenvalue weighted by molar-refractivity contribution is 9.10. The van der Waals surface area contributed by atoms with Gasteiger partial charge in [0.1, 0.15) is 0 Å². The Kier molecular flexibility index (Phi) is 2.88. The zero-order valence-electron chi connectivity index (χ0n) is 8.39. The van der Waals surface area contributed by atoms with Crippen molar-refractivity contribution in [2.75, 3.05) is 0 Å². The van der Waals surface area contributed by atoms with Gasteiger partial charge < -0.3 is 5.73 Å². The Morgan fingerprint density at radius 2 is 2.27 bits per heavy atom. The van der Waals surface area contributed by atoms with E-state index in [1.54, 1.807) is 6.20 Å². The van der Waals surface area contributed by atoms with Gasteiger partial charge in [-0.05, 0) is 30.7 Å². The van der Waals surface area contributed by atoms with E-state index >= 15 is 0 Å². The number of nitrogens with zero attached hydrogens (tertiary/aromatic N) is 2. The summed E-state index contributed by atoms with van der Waals surface area (Å²) in [4.78, 5) is 0. The summed E-state index contributed by atoms with van der Waals surface area (Å²) in [5.41, 5.74) is 8.02. The summed E-state index contributed by atoms with van der Waals surface area (Å²) in [6.45, 7) is 1.97. The zero-order chi connectivity index (χ0) is 10.8. The minimum absolute atomic E-state index is 0.00250. The van der Waals surface area contributed by atoms with E-state index in [9.17, 15) is 0 Å². The van der Waals surface area contributed by atoms with Crippen molar-refractivity contribution in [2.45, 2.75) is 13.0 Å². The van der Waals surface area contributed by atoms with Crippen LogP contribution in [-0.4, -0.2) is 9.78 Å². The number of hydrogen-bond acceptors (Lipinski definition) is 2. The average molecular weight is 266 g/mol. The van der Waals surface area contributed by atoms with Crippen LogP contribution in [0.1, 0.15) is 18.5 Å². The van der Waals surface area contributed by atoms with Gasteiger partial charge in [0.15, 0.2) is 0 Å². The van der Waals surface area contributed by atoms with Gasteiger partial charge >= 0.3 is 0 Å². The number of hydrogen-bond donors (Lipinski definition) is 1. The molecule has 0 saturated carbocycles. The molecule has 15 heavy (non-hydrogen) atoms. The molecule has 3 nitrogen and oxygen atoms in total. The molecule has 0 aliphatic rings. The predicted molar refractivity (Wildman–Crippen MR) is 63.9 cm³/mol. The number of benzene rings is 1. The van der Waals surface area contributed by atoms with Crippen molar-refractivity contribution >= 4 is 15.9 Å². The van der Waals surface area contributed by atoms with Crippen molar-refractivity contribution in [3.8, 4) is 5.69 Å². The van der Waals surface area contributed by atoms with Gasteiger partial charge in [0.2, 0.25) is 0 Å². The smallest absolute Gasteiger partial charge is 0.0704 e. The van der Waals surface area contributed by atoms with Crippen LogP contribution in [0.3, 0.4) is 0 Å². The Morgan fingerprint density at radius 3 is 2.87 bits per heavy atom. The first-order valence-electron chi connectivity index (χ1n) is 4.73. The maximum Gasteiger partial charge on any atom is 0.0704 e. The molecule has 1 heterocycles. The normalized spacial score (nSPS) is 12.7. The van der Waals surface area contributed by atoms with Gasteiger partial charge in [-0.2, -0.15) is 5.10 Å². The molecule has 2 N–H and O–H groups in total. The average Bonchev–Trinajstić information content (AvgIpc) is 2.69. The predicted octanol–water partition coefficient (Wildman–Crippen LogP) is 2.65. The van der Waals surface area contributed by atoms with Gasteiger partial charge in [-0.15, -0.1) is 0 Å². The second kappa shape index (κ2) is 4.16. The summed E-state index contributed by atoms with van der Waals surface area (Å²) >= 11 is 3.45. The quantitative estimate of drug-likeness (QED) is 0.908. The molecule has 0 fully saturated rings. The monoisotopic (exact) mass is 265 g/mol. The van der Waals surface area contributed by atoms with Crippen LogP contribution in [0.4, 0.5) is 0 Å². The van der Waals surface area contributed by atoms with Crippen LogP contribution in [0.5, 0.6) is 0 Å². The Morgan fingerprint density at radius 1 is 1.47 bits per heavy atom. The van der Waals surface area contributed by atoms with Crippen LogP contribution >= 0.6 is 15.9 Å². The number of halogens is 1. The summed E-state index contributed by atoms with van der Waals surface area (Å²) in [7, 11) is 0. The molecule has 1 unspecified atom stereocenters. The lowest BCUT2D eigenvalue weighted by atomic mass is 10.1. The highest BCUT2D eigenvalue weighted by atomic mass is 79.9. The molecule has 4 heteroatoms. The standard InChI is InChI=1S/C11H12BrN3/c1-8(13)10-4-3-9(12)7-11(10)15-6-2-5-14-15/h2-8H,13H2,1H3. The molecule has 1 aromatic heterocycles.